The number of hydrogen-bond acceptors (Lipinski definition) is 6. The summed E-state index contributed by atoms with van der Waals surface area (Å²) in [6.45, 7) is 0. The lowest BCUT2D eigenvalue weighted by Gasteiger charge is -2.03. The third-order valence-electron chi connectivity index (χ3n) is 4.12. The van der Waals surface area contributed by atoms with Crippen LogP contribution in [0.15, 0.2) is 40.8 Å². The number of methoxy groups -OCH3 is 1. The van der Waals surface area contributed by atoms with Crippen LogP contribution in [-0.2, 0) is 11.2 Å². The number of aromatic amines is 1. The molecule has 2 aromatic carbocycles. The van der Waals surface area contributed by atoms with E-state index in [0.29, 0.717) is 44.5 Å². The second-order valence-electron chi connectivity index (χ2n) is 5.78. The minimum Gasteiger partial charge on any atom is -0.493 e. The first kappa shape index (κ1) is 17.0. The molecule has 0 bridgehead atoms. The Bertz CT molecular complexity index is 1120. The Kier molecular flexibility index (Phi) is 4.25. The molecule has 0 aliphatic carbocycles. The molecule has 136 valence electrons. The normalized spacial score (nSPS) is 11.0. The number of H-pyrrole nitrogens is 1. The maximum absolute atomic E-state index is 11.5. The number of carboxylic acids is 1. The van der Waals surface area contributed by atoms with Crippen LogP contribution in [0.25, 0.3) is 33.7 Å². The maximum atomic E-state index is 11.5. The Balaban J connectivity index is 2.00. The molecule has 0 amide bonds. The third-order valence-corrected chi connectivity index (χ3v) is 4.37. The number of carboxylic acid groups (broad SMARTS) is 1. The lowest BCUT2D eigenvalue weighted by atomic mass is 10.0. The van der Waals surface area contributed by atoms with Gasteiger partial charge < -0.3 is 14.3 Å². The van der Waals surface area contributed by atoms with E-state index in [1.165, 1.54) is 7.11 Å². The molecule has 0 atom stereocenters. The number of furan rings is 1. The highest BCUT2D eigenvalue weighted by atomic mass is 35.5. The van der Waals surface area contributed by atoms with Crippen molar-refractivity contribution in [2.45, 2.75) is 6.42 Å². The fourth-order valence-electron chi connectivity index (χ4n) is 2.94. The Morgan fingerprint density at radius 1 is 1.26 bits per heavy atom. The Labute approximate surface area is 157 Å². The summed E-state index contributed by atoms with van der Waals surface area (Å²) in [5.74, 6) is 0.286. The number of aromatic nitrogens is 4. The minimum absolute atomic E-state index is 0.218. The van der Waals surface area contributed by atoms with Crippen molar-refractivity contribution in [1.82, 2.24) is 20.6 Å². The van der Waals surface area contributed by atoms with Crippen molar-refractivity contribution in [2.75, 3.05) is 7.11 Å². The van der Waals surface area contributed by atoms with Crippen LogP contribution in [0, 0.1) is 0 Å². The van der Waals surface area contributed by atoms with E-state index in [1.807, 2.05) is 0 Å². The SMILES string of the molecule is COc1cc(-c2nn[nH]n2)cc2c(CC(=O)O)c(-c3ccc(Cl)cc3)oc12. The van der Waals surface area contributed by atoms with Crippen LogP contribution >= 0.6 is 11.6 Å². The summed E-state index contributed by atoms with van der Waals surface area (Å²) in [4.78, 5) is 11.5. The standard InChI is InChI=1S/C18H13ClN4O4/c1-26-14-7-10(18-20-22-23-21-18)6-12-13(8-15(24)25)16(27-17(12)14)9-2-4-11(19)5-3-9/h2-7H,8H2,1H3,(H,24,25)(H,20,21,22,23). The molecule has 0 unspecified atom stereocenters. The Morgan fingerprint density at radius 3 is 2.67 bits per heavy atom. The van der Waals surface area contributed by atoms with Gasteiger partial charge in [0.2, 0.25) is 5.82 Å². The lowest BCUT2D eigenvalue weighted by Crippen LogP contribution is -2.00. The van der Waals surface area contributed by atoms with Gasteiger partial charge in [0, 0.05) is 27.1 Å². The molecule has 2 aromatic heterocycles. The molecule has 0 aliphatic rings. The number of halogens is 1. The van der Waals surface area contributed by atoms with Gasteiger partial charge in [0.25, 0.3) is 0 Å². The number of hydrogen-bond donors (Lipinski definition) is 2. The summed E-state index contributed by atoms with van der Waals surface area (Å²) in [7, 11) is 1.51. The average molecular weight is 385 g/mol. The first-order valence-corrected chi connectivity index (χ1v) is 8.29. The molecule has 0 fully saturated rings. The number of aliphatic carboxylic acids is 1. The molecule has 27 heavy (non-hydrogen) atoms. The van der Waals surface area contributed by atoms with E-state index >= 15 is 0 Å². The molecule has 0 saturated heterocycles. The fourth-order valence-corrected chi connectivity index (χ4v) is 3.07. The first-order chi connectivity index (χ1) is 13.1. The summed E-state index contributed by atoms with van der Waals surface area (Å²) in [5.41, 5.74) is 2.33. The third kappa shape index (κ3) is 3.11. The van der Waals surface area contributed by atoms with Gasteiger partial charge in [-0.2, -0.15) is 5.21 Å². The number of nitrogens with zero attached hydrogens (tertiary/aromatic N) is 3. The molecule has 0 saturated carbocycles. The molecule has 2 N–H and O–H groups in total. The van der Waals surface area contributed by atoms with Crippen LogP contribution in [0.4, 0.5) is 0 Å². The van der Waals surface area contributed by atoms with Gasteiger partial charge >= 0.3 is 5.97 Å². The fraction of sp³-hybridized carbons (Fsp3) is 0.111. The molecular weight excluding hydrogens is 372 g/mol. The molecule has 9 heteroatoms. The number of nitrogens with one attached hydrogen (secondary N) is 1. The van der Waals surface area contributed by atoms with Crippen molar-refractivity contribution in [3.63, 3.8) is 0 Å². The summed E-state index contributed by atoms with van der Waals surface area (Å²) in [6, 6.07) is 10.5. The molecule has 8 nitrogen and oxygen atoms in total. The topological polar surface area (TPSA) is 114 Å². The van der Waals surface area contributed by atoms with Gasteiger partial charge in [-0.15, -0.1) is 10.2 Å². The van der Waals surface area contributed by atoms with E-state index < -0.39 is 5.97 Å². The van der Waals surface area contributed by atoms with Crippen molar-refractivity contribution in [1.29, 1.82) is 0 Å². The highest BCUT2D eigenvalue weighted by Gasteiger charge is 2.22. The van der Waals surface area contributed by atoms with Crippen LogP contribution in [-0.4, -0.2) is 38.8 Å². The number of rotatable bonds is 5. The molecule has 2 heterocycles. The van der Waals surface area contributed by atoms with E-state index in [0.717, 1.165) is 5.56 Å². The van der Waals surface area contributed by atoms with Crippen LogP contribution in [0.1, 0.15) is 5.56 Å². The van der Waals surface area contributed by atoms with Gasteiger partial charge in [-0.05, 0) is 41.6 Å². The van der Waals surface area contributed by atoms with Crippen LogP contribution in [0.3, 0.4) is 0 Å². The molecule has 0 spiro atoms. The van der Waals surface area contributed by atoms with Crippen LogP contribution in [0.2, 0.25) is 5.02 Å². The predicted octanol–water partition coefficient (Wildman–Crippen LogP) is 3.57. The van der Waals surface area contributed by atoms with Gasteiger partial charge in [-0.1, -0.05) is 11.6 Å². The van der Waals surface area contributed by atoms with Crippen LogP contribution < -0.4 is 4.74 Å². The van der Waals surface area contributed by atoms with Crippen molar-refractivity contribution in [3.8, 4) is 28.5 Å². The maximum Gasteiger partial charge on any atom is 0.307 e. The molecule has 4 aromatic rings. The first-order valence-electron chi connectivity index (χ1n) is 7.91. The minimum atomic E-state index is -0.975. The monoisotopic (exact) mass is 384 g/mol. The van der Waals surface area contributed by atoms with Crippen LogP contribution in [0.5, 0.6) is 5.75 Å². The smallest absolute Gasteiger partial charge is 0.307 e. The zero-order valence-electron chi connectivity index (χ0n) is 14.1. The molecular formula is C18H13ClN4O4. The Morgan fingerprint density at radius 2 is 2.04 bits per heavy atom. The molecule has 4 rings (SSSR count). The van der Waals surface area contributed by atoms with Gasteiger partial charge in [0.05, 0.1) is 13.5 Å². The van der Waals surface area contributed by atoms with E-state index in [2.05, 4.69) is 20.6 Å². The van der Waals surface area contributed by atoms with Gasteiger partial charge in [0.1, 0.15) is 5.76 Å². The van der Waals surface area contributed by atoms with E-state index in [4.69, 9.17) is 20.8 Å². The largest absolute Gasteiger partial charge is 0.493 e. The van der Waals surface area contributed by atoms with Crippen molar-refractivity contribution in [2.24, 2.45) is 0 Å². The van der Waals surface area contributed by atoms with Gasteiger partial charge in [0.15, 0.2) is 11.3 Å². The molecule has 0 aliphatic heterocycles. The van der Waals surface area contributed by atoms with Crippen molar-refractivity contribution in [3.05, 3.63) is 47.0 Å². The molecule has 0 radical (unpaired) electrons. The number of carbonyl (C=O) groups is 1. The van der Waals surface area contributed by atoms with Gasteiger partial charge in [-0.3, -0.25) is 4.79 Å². The lowest BCUT2D eigenvalue weighted by molar-refractivity contribution is -0.136. The average Bonchev–Trinajstić information content (AvgIpc) is 3.30. The summed E-state index contributed by atoms with van der Waals surface area (Å²) < 4.78 is 11.5. The second-order valence-corrected chi connectivity index (χ2v) is 6.21. The number of tetrazole rings is 1. The highest BCUT2D eigenvalue weighted by molar-refractivity contribution is 6.30. The zero-order valence-corrected chi connectivity index (χ0v) is 14.8. The number of fused-ring (bicyclic) bond motifs is 1. The Hall–Kier alpha value is -3.39. The summed E-state index contributed by atoms with van der Waals surface area (Å²) in [6.07, 6.45) is -0.218. The van der Waals surface area contributed by atoms with E-state index in [-0.39, 0.29) is 6.42 Å². The quantitative estimate of drug-likeness (QED) is 0.540. The summed E-state index contributed by atoms with van der Waals surface area (Å²) >= 11 is 5.96. The van der Waals surface area contributed by atoms with Crippen molar-refractivity contribution < 1.29 is 19.1 Å². The van der Waals surface area contributed by atoms with E-state index in [9.17, 15) is 9.90 Å². The predicted molar refractivity (Wildman–Crippen MR) is 97.7 cm³/mol. The van der Waals surface area contributed by atoms with E-state index in [1.54, 1.807) is 36.4 Å². The van der Waals surface area contributed by atoms with Crippen molar-refractivity contribution >= 4 is 28.5 Å². The summed E-state index contributed by atoms with van der Waals surface area (Å²) in [5, 5.41) is 24.5. The second kappa shape index (κ2) is 6.73. The number of benzene rings is 2. The zero-order chi connectivity index (χ0) is 19.0. The highest BCUT2D eigenvalue weighted by Crippen LogP contribution is 2.40. The number of ether oxygens (including phenoxy) is 1. The van der Waals surface area contributed by atoms with Gasteiger partial charge in [-0.25, -0.2) is 0 Å².